The lowest BCUT2D eigenvalue weighted by molar-refractivity contribution is -0.131. The minimum Gasteiger partial charge on any atom is -0.444 e. The first kappa shape index (κ1) is 18.8. The number of halogens is 1. The maximum Gasteiger partial charge on any atom is 0.408 e. The molecule has 1 aromatic rings. The molecule has 0 bridgehead atoms. The molecule has 0 heterocycles. The molecule has 0 unspecified atom stereocenters. The van der Waals surface area contributed by atoms with Gasteiger partial charge in [-0.05, 0) is 52.3 Å². The van der Waals surface area contributed by atoms with Crippen LogP contribution >= 0.6 is 0 Å². The van der Waals surface area contributed by atoms with E-state index in [2.05, 4.69) is 5.32 Å². The summed E-state index contributed by atoms with van der Waals surface area (Å²) in [4.78, 5) is 35.7. The van der Waals surface area contributed by atoms with Crippen molar-refractivity contribution in [3.8, 4) is 0 Å². The molecule has 6 heteroatoms. The Morgan fingerprint density at radius 3 is 1.91 bits per heavy atom. The maximum absolute atomic E-state index is 13.1. The minimum absolute atomic E-state index is 0.386. The van der Waals surface area contributed by atoms with E-state index >= 15 is 0 Å². The van der Waals surface area contributed by atoms with Gasteiger partial charge in [0.05, 0.1) is 6.04 Å². The highest BCUT2D eigenvalue weighted by Crippen LogP contribution is 2.25. The lowest BCUT2D eigenvalue weighted by atomic mass is 9.87. The summed E-state index contributed by atoms with van der Waals surface area (Å²) in [6.45, 7) is 7.66. The van der Waals surface area contributed by atoms with E-state index in [0.717, 1.165) is 0 Å². The molecule has 0 saturated carbocycles. The first-order valence-corrected chi connectivity index (χ1v) is 7.27. The van der Waals surface area contributed by atoms with E-state index in [4.69, 9.17) is 4.74 Å². The second-order valence-corrected chi connectivity index (χ2v) is 6.37. The number of ether oxygens (including phenoxy) is 1. The highest BCUT2D eigenvalue weighted by Gasteiger charge is 2.33. The molecule has 0 radical (unpaired) electrons. The molecule has 1 amide bonds. The number of hydrogen-bond acceptors (Lipinski definition) is 4. The third-order valence-corrected chi connectivity index (χ3v) is 3.11. The second-order valence-electron chi connectivity index (χ2n) is 6.37. The lowest BCUT2D eigenvalue weighted by Crippen LogP contribution is -2.41. The zero-order valence-corrected chi connectivity index (χ0v) is 14.0. The largest absolute Gasteiger partial charge is 0.444 e. The van der Waals surface area contributed by atoms with Crippen LogP contribution in [0.3, 0.4) is 0 Å². The molecule has 0 saturated heterocycles. The Kier molecular flexibility index (Phi) is 6.01. The van der Waals surface area contributed by atoms with Crippen molar-refractivity contribution in [2.24, 2.45) is 5.92 Å². The summed E-state index contributed by atoms with van der Waals surface area (Å²) < 4.78 is 18.3. The highest BCUT2D eigenvalue weighted by molar-refractivity contribution is 6.01. The predicted molar refractivity (Wildman–Crippen MR) is 83.4 cm³/mol. The summed E-state index contributed by atoms with van der Waals surface area (Å²) >= 11 is 0. The van der Waals surface area contributed by atoms with Gasteiger partial charge >= 0.3 is 6.09 Å². The molecular weight excluding hydrogens is 301 g/mol. The summed E-state index contributed by atoms with van der Waals surface area (Å²) in [5.41, 5.74) is -0.271. The van der Waals surface area contributed by atoms with Crippen molar-refractivity contribution >= 4 is 17.7 Å². The van der Waals surface area contributed by atoms with E-state index in [1.54, 1.807) is 20.8 Å². The number of carbonyl (C=O) groups is 3. The Labute approximate surface area is 135 Å². The van der Waals surface area contributed by atoms with E-state index in [0.29, 0.717) is 5.56 Å². The van der Waals surface area contributed by atoms with Crippen LogP contribution in [-0.4, -0.2) is 23.3 Å². The fourth-order valence-electron chi connectivity index (χ4n) is 2.22. The zero-order valence-electron chi connectivity index (χ0n) is 14.0. The van der Waals surface area contributed by atoms with Gasteiger partial charge in [-0.25, -0.2) is 9.18 Å². The predicted octanol–water partition coefficient (Wildman–Crippen LogP) is 3.19. The summed E-state index contributed by atoms with van der Waals surface area (Å²) in [7, 11) is 0. The number of carbonyl (C=O) groups excluding carboxylic acids is 3. The van der Waals surface area contributed by atoms with Crippen molar-refractivity contribution in [2.45, 2.75) is 46.3 Å². The van der Waals surface area contributed by atoms with Crippen LogP contribution in [0.4, 0.5) is 9.18 Å². The molecule has 0 aromatic heterocycles. The molecule has 0 spiro atoms. The number of alkyl carbamates (subject to hydrolysis) is 1. The van der Waals surface area contributed by atoms with Gasteiger partial charge in [-0.3, -0.25) is 9.59 Å². The van der Waals surface area contributed by atoms with Crippen LogP contribution in [-0.2, 0) is 14.3 Å². The molecular formula is C17H22FNO4. The van der Waals surface area contributed by atoms with Gasteiger partial charge in [0.15, 0.2) is 0 Å². The Morgan fingerprint density at radius 2 is 1.52 bits per heavy atom. The van der Waals surface area contributed by atoms with Crippen LogP contribution in [0.1, 0.15) is 46.2 Å². The van der Waals surface area contributed by atoms with Crippen molar-refractivity contribution in [2.75, 3.05) is 0 Å². The van der Waals surface area contributed by atoms with Crippen LogP contribution in [0.25, 0.3) is 0 Å². The average molecular weight is 323 g/mol. The van der Waals surface area contributed by atoms with Gasteiger partial charge in [0.1, 0.15) is 28.9 Å². The number of rotatable bonds is 5. The van der Waals surface area contributed by atoms with E-state index in [1.807, 2.05) is 0 Å². The Bertz CT molecular complexity index is 576. The Morgan fingerprint density at radius 1 is 1.04 bits per heavy atom. The van der Waals surface area contributed by atoms with Gasteiger partial charge in [-0.15, -0.1) is 0 Å². The van der Waals surface area contributed by atoms with E-state index < -0.39 is 29.5 Å². The molecule has 0 aliphatic rings. The number of nitrogens with one attached hydrogen (secondary N) is 1. The summed E-state index contributed by atoms with van der Waals surface area (Å²) in [5.74, 6) is -2.29. The molecule has 1 rings (SSSR count). The second kappa shape index (κ2) is 7.35. The van der Waals surface area contributed by atoms with E-state index in [1.165, 1.54) is 38.1 Å². The first-order valence-electron chi connectivity index (χ1n) is 7.27. The number of Topliss-reactive ketones (excluding diaryl/α,β-unsaturated/α-hetero) is 2. The van der Waals surface area contributed by atoms with Crippen LogP contribution in [0, 0.1) is 11.7 Å². The molecule has 1 aromatic carbocycles. The van der Waals surface area contributed by atoms with E-state index in [9.17, 15) is 18.8 Å². The summed E-state index contributed by atoms with van der Waals surface area (Å²) in [6.07, 6.45) is -0.751. The van der Waals surface area contributed by atoms with E-state index in [-0.39, 0.29) is 11.6 Å². The molecule has 126 valence electrons. The van der Waals surface area contributed by atoms with Crippen molar-refractivity contribution in [1.82, 2.24) is 5.32 Å². The lowest BCUT2D eigenvalue weighted by Gasteiger charge is -2.27. The van der Waals surface area contributed by atoms with Gasteiger partial charge in [0, 0.05) is 0 Å². The molecule has 1 atom stereocenters. The quantitative estimate of drug-likeness (QED) is 0.845. The Balaban J connectivity index is 3.15. The normalized spacial score (nSPS) is 12.7. The summed E-state index contributed by atoms with van der Waals surface area (Å²) in [5, 5.41) is 2.55. The van der Waals surface area contributed by atoms with Gasteiger partial charge in [0.25, 0.3) is 0 Å². The fraction of sp³-hybridized carbons (Fsp3) is 0.471. The average Bonchev–Trinajstić information content (AvgIpc) is 2.35. The highest BCUT2D eigenvalue weighted by atomic mass is 19.1. The maximum atomic E-state index is 13.1. The molecule has 0 fully saturated rings. The number of benzene rings is 1. The smallest absolute Gasteiger partial charge is 0.408 e. The minimum atomic E-state index is -1.06. The monoisotopic (exact) mass is 323 g/mol. The zero-order chi connectivity index (χ0) is 17.8. The Hall–Kier alpha value is -2.24. The van der Waals surface area contributed by atoms with Crippen LogP contribution in [0.15, 0.2) is 24.3 Å². The van der Waals surface area contributed by atoms with Gasteiger partial charge < -0.3 is 10.1 Å². The fourth-order valence-corrected chi connectivity index (χ4v) is 2.22. The van der Waals surface area contributed by atoms with Crippen molar-refractivity contribution in [3.63, 3.8) is 0 Å². The van der Waals surface area contributed by atoms with Crippen molar-refractivity contribution in [3.05, 3.63) is 35.6 Å². The standard InChI is InChI=1S/C17H22FNO4/c1-10(20)14(11(2)21)15(12-6-8-13(18)9-7-12)19-16(22)23-17(3,4)5/h6-9,14-15H,1-5H3,(H,19,22)/t15-/m0/s1. The van der Waals surface area contributed by atoms with Crippen LogP contribution in [0.5, 0.6) is 0 Å². The third kappa shape index (κ3) is 5.81. The van der Waals surface area contributed by atoms with Gasteiger partial charge in [-0.1, -0.05) is 12.1 Å². The molecule has 23 heavy (non-hydrogen) atoms. The number of ketones is 2. The molecule has 0 aliphatic carbocycles. The number of amides is 1. The van der Waals surface area contributed by atoms with Gasteiger partial charge in [0.2, 0.25) is 0 Å². The van der Waals surface area contributed by atoms with Gasteiger partial charge in [-0.2, -0.15) is 0 Å². The molecule has 5 nitrogen and oxygen atoms in total. The van der Waals surface area contributed by atoms with Crippen LogP contribution in [0.2, 0.25) is 0 Å². The molecule has 1 N–H and O–H groups in total. The SMILES string of the molecule is CC(=O)C(C(C)=O)[C@@H](NC(=O)OC(C)(C)C)c1ccc(F)cc1. The van der Waals surface area contributed by atoms with Crippen molar-refractivity contribution < 1.29 is 23.5 Å². The van der Waals surface area contributed by atoms with Crippen molar-refractivity contribution in [1.29, 1.82) is 0 Å². The molecule has 0 aliphatic heterocycles. The first-order chi connectivity index (χ1) is 10.5. The third-order valence-electron chi connectivity index (χ3n) is 3.11. The summed E-state index contributed by atoms with van der Waals surface area (Å²) in [6, 6.07) is 4.35. The number of hydrogen-bond donors (Lipinski definition) is 1. The van der Waals surface area contributed by atoms with Crippen LogP contribution < -0.4 is 5.32 Å². The topological polar surface area (TPSA) is 72.5 Å².